The third kappa shape index (κ3) is 6.72. The van der Waals surface area contributed by atoms with Crippen LogP contribution in [-0.2, 0) is 32.6 Å². The molecule has 0 aromatic heterocycles. The van der Waals surface area contributed by atoms with E-state index in [1.54, 1.807) is 24.3 Å². The lowest BCUT2D eigenvalue weighted by Gasteiger charge is -2.44. The first-order valence-corrected chi connectivity index (χ1v) is 12.7. The van der Waals surface area contributed by atoms with Gasteiger partial charge in [-0.1, -0.05) is 37.1 Å². The van der Waals surface area contributed by atoms with E-state index < -0.39 is 22.0 Å². The molecule has 1 aliphatic heterocycles. The summed E-state index contributed by atoms with van der Waals surface area (Å²) >= 11 is 0. The van der Waals surface area contributed by atoms with E-state index in [4.69, 9.17) is 5.11 Å². The molecule has 1 N–H and O–H groups in total. The van der Waals surface area contributed by atoms with Gasteiger partial charge in [0.05, 0.1) is 12.1 Å². The Hall–Kier alpha value is -3.07. The number of amides is 2. The van der Waals surface area contributed by atoms with Crippen LogP contribution in [-0.4, -0.2) is 55.5 Å². The number of carbonyl (C=O) groups excluding carboxylic acids is 2. The second kappa shape index (κ2) is 11.9. The molecule has 3 rings (SSSR count). The highest BCUT2D eigenvalue weighted by molar-refractivity contribution is 7.85. The molecular formula is C25H29FN2O5S. The van der Waals surface area contributed by atoms with Crippen molar-refractivity contribution in [2.24, 2.45) is 0 Å². The Labute approximate surface area is 201 Å². The number of halogens is 1. The Balaban J connectivity index is 1.40. The van der Waals surface area contributed by atoms with Crippen LogP contribution in [0.15, 0.2) is 48.5 Å². The molecule has 2 amide bonds. The third-order valence-electron chi connectivity index (χ3n) is 5.85. The van der Waals surface area contributed by atoms with Crippen molar-refractivity contribution >= 4 is 28.6 Å². The molecule has 34 heavy (non-hydrogen) atoms. The maximum absolute atomic E-state index is 13.0. The van der Waals surface area contributed by atoms with Gasteiger partial charge >= 0.3 is 5.97 Å². The van der Waals surface area contributed by atoms with E-state index in [1.165, 1.54) is 41.2 Å². The predicted molar refractivity (Wildman–Crippen MR) is 127 cm³/mol. The average molecular weight is 489 g/mol. The first-order valence-electron chi connectivity index (χ1n) is 11.3. The molecule has 1 fully saturated rings. The molecule has 0 saturated carbocycles. The molecule has 2 atom stereocenters. The lowest BCUT2D eigenvalue weighted by atomic mass is 10.1. The van der Waals surface area contributed by atoms with Gasteiger partial charge in [0, 0.05) is 30.0 Å². The fourth-order valence-corrected chi connectivity index (χ4v) is 5.22. The number of hydrogen-bond acceptors (Lipinski definition) is 4. The standard InChI is InChI=1S/C25H29FN2O5S/c1-18(29)27(15-5-3-2-4-6-19-9-13-22(26)14-10-19)28-16-23(24(28)30)34(33)17-20-7-11-21(12-8-20)25(31)32/h7-14,23H,2-6,15-17H2,1H3,(H,31,32). The van der Waals surface area contributed by atoms with E-state index in [-0.39, 0.29) is 35.5 Å². The molecule has 0 bridgehead atoms. The van der Waals surface area contributed by atoms with E-state index in [1.807, 2.05) is 0 Å². The molecule has 2 aromatic carbocycles. The van der Waals surface area contributed by atoms with Gasteiger partial charge in [0.2, 0.25) is 5.91 Å². The molecule has 9 heteroatoms. The average Bonchev–Trinajstić information content (AvgIpc) is 2.80. The number of benzene rings is 2. The summed E-state index contributed by atoms with van der Waals surface area (Å²) in [5, 5.41) is 11.1. The van der Waals surface area contributed by atoms with Crippen molar-refractivity contribution in [1.29, 1.82) is 0 Å². The summed E-state index contributed by atoms with van der Waals surface area (Å²) in [4.78, 5) is 35.7. The van der Waals surface area contributed by atoms with Gasteiger partial charge in [-0.05, 0) is 54.7 Å². The van der Waals surface area contributed by atoms with Crippen LogP contribution in [0.4, 0.5) is 4.39 Å². The normalized spacial score (nSPS) is 16.1. The summed E-state index contributed by atoms with van der Waals surface area (Å²) in [6, 6.07) is 12.6. The van der Waals surface area contributed by atoms with Crippen LogP contribution >= 0.6 is 0 Å². The van der Waals surface area contributed by atoms with Crippen LogP contribution in [0.1, 0.15) is 54.1 Å². The number of carbonyl (C=O) groups is 3. The summed E-state index contributed by atoms with van der Waals surface area (Å²) in [6.45, 7) is 2.06. The maximum atomic E-state index is 13.0. The highest BCUT2D eigenvalue weighted by Crippen LogP contribution is 2.22. The number of β-lactam (4-membered cyclic amide) rings is 1. The molecular weight excluding hydrogens is 459 g/mol. The van der Waals surface area contributed by atoms with Gasteiger partial charge < -0.3 is 5.11 Å². The van der Waals surface area contributed by atoms with Crippen LogP contribution in [0.3, 0.4) is 0 Å². The molecule has 2 aromatic rings. The summed E-state index contributed by atoms with van der Waals surface area (Å²) in [6.07, 6.45) is 4.44. The van der Waals surface area contributed by atoms with Gasteiger partial charge in [0.15, 0.2) is 0 Å². The Kier molecular flexibility index (Phi) is 8.92. The zero-order valence-corrected chi connectivity index (χ0v) is 19.9. The van der Waals surface area contributed by atoms with Gasteiger partial charge in [0.1, 0.15) is 11.1 Å². The topological polar surface area (TPSA) is 95.0 Å². The largest absolute Gasteiger partial charge is 0.478 e. The smallest absolute Gasteiger partial charge is 0.335 e. The maximum Gasteiger partial charge on any atom is 0.335 e. The van der Waals surface area contributed by atoms with Gasteiger partial charge in [-0.15, -0.1) is 0 Å². The summed E-state index contributed by atoms with van der Waals surface area (Å²) in [7, 11) is -1.46. The molecule has 0 spiro atoms. The van der Waals surface area contributed by atoms with Crippen molar-refractivity contribution in [3.63, 3.8) is 0 Å². The number of hydrazine groups is 1. The van der Waals surface area contributed by atoms with Crippen LogP contribution in [0.5, 0.6) is 0 Å². The minimum atomic E-state index is -1.46. The van der Waals surface area contributed by atoms with Gasteiger partial charge in [0.25, 0.3) is 5.91 Å². The first-order chi connectivity index (χ1) is 16.3. The number of carboxylic acid groups (broad SMARTS) is 1. The molecule has 2 unspecified atom stereocenters. The summed E-state index contributed by atoms with van der Waals surface area (Å²) < 4.78 is 25.6. The Bertz CT molecular complexity index is 1040. The second-order valence-electron chi connectivity index (χ2n) is 8.37. The van der Waals surface area contributed by atoms with Crippen LogP contribution in [0.2, 0.25) is 0 Å². The second-order valence-corrected chi connectivity index (χ2v) is 9.99. The fraction of sp³-hybridized carbons (Fsp3) is 0.400. The van der Waals surface area contributed by atoms with Crippen LogP contribution in [0, 0.1) is 5.82 Å². The van der Waals surface area contributed by atoms with E-state index >= 15 is 0 Å². The quantitative estimate of drug-likeness (QED) is 0.364. The van der Waals surface area contributed by atoms with Crippen molar-refractivity contribution in [3.05, 3.63) is 71.0 Å². The molecule has 1 aliphatic rings. The van der Waals surface area contributed by atoms with E-state index in [0.717, 1.165) is 37.7 Å². The number of carboxylic acids is 1. The summed E-state index contributed by atoms with van der Waals surface area (Å²) in [5.41, 5.74) is 1.93. The fourth-order valence-electron chi connectivity index (χ4n) is 3.84. The number of unbranched alkanes of at least 4 members (excludes halogenated alkanes) is 3. The van der Waals surface area contributed by atoms with E-state index in [0.29, 0.717) is 12.1 Å². The number of aromatic carboxylic acids is 1. The van der Waals surface area contributed by atoms with E-state index in [2.05, 4.69) is 0 Å². The van der Waals surface area contributed by atoms with Gasteiger partial charge in [-0.3, -0.25) is 18.8 Å². The number of hydrogen-bond donors (Lipinski definition) is 1. The lowest BCUT2D eigenvalue weighted by Crippen LogP contribution is -2.65. The van der Waals surface area contributed by atoms with Crippen molar-refractivity contribution in [1.82, 2.24) is 10.0 Å². The molecule has 0 aliphatic carbocycles. The van der Waals surface area contributed by atoms with Crippen LogP contribution in [0.25, 0.3) is 0 Å². The molecule has 7 nitrogen and oxygen atoms in total. The highest BCUT2D eigenvalue weighted by atomic mass is 32.2. The number of nitrogens with zero attached hydrogens (tertiary/aromatic N) is 2. The zero-order valence-electron chi connectivity index (χ0n) is 19.1. The predicted octanol–water partition coefficient (Wildman–Crippen LogP) is 3.55. The first kappa shape index (κ1) is 25.6. The van der Waals surface area contributed by atoms with Crippen molar-refractivity contribution < 1.29 is 28.1 Å². The van der Waals surface area contributed by atoms with Crippen molar-refractivity contribution in [2.45, 2.75) is 50.0 Å². The highest BCUT2D eigenvalue weighted by Gasteiger charge is 2.44. The van der Waals surface area contributed by atoms with Crippen LogP contribution < -0.4 is 0 Å². The number of rotatable bonds is 12. The molecule has 182 valence electrons. The van der Waals surface area contributed by atoms with Crippen molar-refractivity contribution in [2.75, 3.05) is 13.1 Å². The molecule has 0 radical (unpaired) electrons. The lowest BCUT2D eigenvalue weighted by molar-refractivity contribution is -0.173. The third-order valence-corrected chi connectivity index (χ3v) is 7.45. The summed E-state index contributed by atoms with van der Waals surface area (Å²) in [5.74, 6) is -1.68. The SMILES string of the molecule is CC(=O)N(CCCCCCc1ccc(F)cc1)N1CC(S(=O)Cc2ccc(C(=O)O)cc2)C1=O. The van der Waals surface area contributed by atoms with E-state index in [9.17, 15) is 23.0 Å². The minimum absolute atomic E-state index is 0.146. The Morgan fingerprint density at radius 2 is 1.65 bits per heavy atom. The zero-order chi connectivity index (χ0) is 24.7. The van der Waals surface area contributed by atoms with Gasteiger partial charge in [-0.2, -0.15) is 0 Å². The monoisotopic (exact) mass is 488 g/mol. The Morgan fingerprint density at radius 1 is 1.03 bits per heavy atom. The minimum Gasteiger partial charge on any atom is -0.478 e. The van der Waals surface area contributed by atoms with Gasteiger partial charge in [-0.25, -0.2) is 14.2 Å². The number of aryl methyl sites for hydroxylation is 1. The van der Waals surface area contributed by atoms with Crippen molar-refractivity contribution in [3.8, 4) is 0 Å². The molecule has 1 saturated heterocycles. The molecule has 1 heterocycles. The Morgan fingerprint density at radius 3 is 2.24 bits per heavy atom.